The van der Waals surface area contributed by atoms with E-state index in [0.717, 1.165) is 6.08 Å². The molecular formula is C7H10O3. The Hall–Kier alpha value is -1.12. The van der Waals surface area contributed by atoms with Crippen LogP contribution in [0.5, 0.6) is 0 Å². The van der Waals surface area contributed by atoms with Gasteiger partial charge in [-0.05, 0) is 12.5 Å². The van der Waals surface area contributed by atoms with Crippen molar-refractivity contribution in [2.24, 2.45) is 5.92 Å². The zero-order valence-electron chi connectivity index (χ0n) is 5.83. The average molecular weight is 142 g/mol. The number of carboxylic acids is 1. The summed E-state index contributed by atoms with van der Waals surface area (Å²) in [5.41, 5.74) is 0. The fourth-order valence-electron chi connectivity index (χ4n) is 0.640. The predicted molar refractivity (Wildman–Crippen MR) is 36.6 cm³/mol. The molecule has 0 fully saturated rings. The van der Waals surface area contributed by atoms with Crippen LogP contribution >= 0.6 is 0 Å². The minimum Gasteiger partial charge on any atom is -0.481 e. The third kappa shape index (κ3) is 2.01. The highest BCUT2D eigenvalue weighted by Gasteiger charge is 2.20. The standard InChI is InChI=1S/C7H10O3/c1-3-5(7(9)10)6(8)4-2/h4-5H,2-3H2,1H3,(H,9,10). The van der Waals surface area contributed by atoms with E-state index in [1.165, 1.54) is 0 Å². The maximum atomic E-state index is 10.7. The molecule has 0 aromatic carbocycles. The third-order valence-electron chi connectivity index (χ3n) is 1.25. The SMILES string of the molecule is C=CC(=O)C(CC)C(=O)O. The van der Waals surface area contributed by atoms with Crippen LogP contribution in [0.15, 0.2) is 12.7 Å². The van der Waals surface area contributed by atoms with Gasteiger partial charge in [0.05, 0.1) is 0 Å². The summed E-state index contributed by atoms with van der Waals surface area (Å²) in [6, 6.07) is 0. The van der Waals surface area contributed by atoms with Crippen LogP contribution in [0, 0.1) is 5.92 Å². The summed E-state index contributed by atoms with van der Waals surface area (Å²) in [5, 5.41) is 8.41. The highest BCUT2D eigenvalue weighted by atomic mass is 16.4. The van der Waals surface area contributed by atoms with Gasteiger partial charge in [0.15, 0.2) is 5.78 Å². The van der Waals surface area contributed by atoms with Gasteiger partial charge in [-0.25, -0.2) is 0 Å². The van der Waals surface area contributed by atoms with Gasteiger partial charge in [-0.2, -0.15) is 0 Å². The number of rotatable bonds is 4. The second kappa shape index (κ2) is 3.82. The molecule has 0 aromatic heterocycles. The Bertz CT molecular complexity index is 160. The van der Waals surface area contributed by atoms with Crippen molar-refractivity contribution in [1.82, 2.24) is 0 Å². The van der Waals surface area contributed by atoms with E-state index in [1.54, 1.807) is 6.92 Å². The van der Waals surface area contributed by atoms with Gasteiger partial charge in [0.1, 0.15) is 5.92 Å². The number of aliphatic carboxylic acids is 1. The molecule has 1 N–H and O–H groups in total. The van der Waals surface area contributed by atoms with Gasteiger partial charge in [-0.3, -0.25) is 9.59 Å². The predicted octanol–water partition coefficient (Wildman–Crippen LogP) is 0.852. The van der Waals surface area contributed by atoms with Gasteiger partial charge in [-0.1, -0.05) is 13.5 Å². The van der Waals surface area contributed by atoms with Crippen LogP contribution in [0.25, 0.3) is 0 Å². The van der Waals surface area contributed by atoms with Crippen molar-refractivity contribution < 1.29 is 14.7 Å². The molecule has 10 heavy (non-hydrogen) atoms. The fraction of sp³-hybridized carbons (Fsp3) is 0.429. The van der Waals surface area contributed by atoms with E-state index in [1.807, 2.05) is 0 Å². The maximum absolute atomic E-state index is 10.7. The van der Waals surface area contributed by atoms with E-state index in [4.69, 9.17) is 5.11 Å². The zero-order valence-corrected chi connectivity index (χ0v) is 5.83. The minimum atomic E-state index is -1.08. The Morgan fingerprint density at radius 2 is 2.20 bits per heavy atom. The summed E-state index contributed by atoms with van der Waals surface area (Å²) in [5.74, 6) is -2.40. The van der Waals surface area contributed by atoms with Crippen molar-refractivity contribution in [2.75, 3.05) is 0 Å². The topological polar surface area (TPSA) is 54.4 Å². The molecule has 0 spiro atoms. The molecule has 0 radical (unpaired) electrons. The average Bonchev–Trinajstić information content (AvgIpc) is 1.88. The molecule has 0 amide bonds. The first-order valence-electron chi connectivity index (χ1n) is 3.02. The van der Waals surface area contributed by atoms with Crippen LogP contribution in [0.4, 0.5) is 0 Å². The van der Waals surface area contributed by atoms with Crippen LogP contribution in [-0.4, -0.2) is 16.9 Å². The highest BCUT2D eigenvalue weighted by Crippen LogP contribution is 2.03. The minimum absolute atomic E-state index is 0.320. The second-order valence-corrected chi connectivity index (χ2v) is 1.91. The number of hydrogen-bond donors (Lipinski definition) is 1. The molecule has 3 nitrogen and oxygen atoms in total. The van der Waals surface area contributed by atoms with E-state index in [0.29, 0.717) is 6.42 Å². The Kier molecular flexibility index (Phi) is 3.39. The Balaban J connectivity index is 4.20. The quantitative estimate of drug-likeness (QED) is 0.467. The largest absolute Gasteiger partial charge is 0.481 e. The Morgan fingerprint density at radius 1 is 1.70 bits per heavy atom. The number of ketones is 1. The number of allylic oxidation sites excluding steroid dienone is 1. The summed E-state index contributed by atoms with van der Waals surface area (Å²) in [6.45, 7) is 4.85. The van der Waals surface area contributed by atoms with Gasteiger partial charge in [-0.15, -0.1) is 0 Å². The van der Waals surface area contributed by atoms with Gasteiger partial charge < -0.3 is 5.11 Å². The molecule has 0 heterocycles. The van der Waals surface area contributed by atoms with E-state index < -0.39 is 17.7 Å². The first kappa shape index (κ1) is 8.88. The smallest absolute Gasteiger partial charge is 0.314 e. The maximum Gasteiger partial charge on any atom is 0.314 e. The number of carbonyl (C=O) groups excluding carboxylic acids is 1. The molecule has 1 atom stereocenters. The zero-order chi connectivity index (χ0) is 8.15. The normalized spacial score (nSPS) is 12.1. The summed E-state index contributed by atoms with van der Waals surface area (Å²) in [6.07, 6.45) is 1.36. The summed E-state index contributed by atoms with van der Waals surface area (Å²) in [7, 11) is 0. The molecular weight excluding hydrogens is 132 g/mol. The molecule has 0 aliphatic rings. The van der Waals surface area contributed by atoms with Crippen LogP contribution in [0.1, 0.15) is 13.3 Å². The monoisotopic (exact) mass is 142 g/mol. The van der Waals surface area contributed by atoms with E-state index >= 15 is 0 Å². The molecule has 0 saturated heterocycles. The summed E-state index contributed by atoms with van der Waals surface area (Å²) >= 11 is 0. The van der Waals surface area contributed by atoms with E-state index in [2.05, 4.69) is 6.58 Å². The first-order valence-corrected chi connectivity index (χ1v) is 3.02. The molecule has 0 rings (SSSR count). The lowest BCUT2D eigenvalue weighted by Gasteiger charge is -2.02. The third-order valence-corrected chi connectivity index (χ3v) is 1.25. The highest BCUT2D eigenvalue weighted by molar-refractivity contribution is 6.03. The molecule has 0 aromatic rings. The van der Waals surface area contributed by atoms with E-state index in [-0.39, 0.29) is 0 Å². The Morgan fingerprint density at radius 3 is 2.30 bits per heavy atom. The molecule has 0 aliphatic carbocycles. The first-order chi connectivity index (χ1) is 4.63. The number of hydrogen-bond acceptors (Lipinski definition) is 2. The van der Waals surface area contributed by atoms with Crippen molar-refractivity contribution in [2.45, 2.75) is 13.3 Å². The summed E-state index contributed by atoms with van der Waals surface area (Å²) in [4.78, 5) is 20.9. The fourth-order valence-corrected chi connectivity index (χ4v) is 0.640. The van der Waals surface area contributed by atoms with Gasteiger partial charge in [0, 0.05) is 0 Å². The lowest BCUT2D eigenvalue weighted by molar-refractivity contribution is -0.145. The van der Waals surface area contributed by atoms with Crippen molar-refractivity contribution in [3.63, 3.8) is 0 Å². The number of carbonyl (C=O) groups is 2. The van der Waals surface area contributed by atoms with Gasteiger partial charge in [0.2, 0.25) is 0 Å². The van der Waals surface area contributed by atoms with Gasteiger partial charge >= 0.3 is 5.97 Å². The van der Waals surface area contributed by atoms with Crippen molar-refractivity contribution in [1.29, 1.82) is 0 Å². The lowest BCUT2D eigenvalue weighted by atomic mass is 10.0. The summed E-state index contributed by atoms with van der Waals surface area (Å²) < 4.78 is 0. The molecule has 1 unspecified atom stereocenters. The van der Waals surface area contributed by atoms with Crippen LogP contribution in [0.2, 0.25) is 0 Å². The Labute approximate surface area is 59.4 Å². The molecule has 0 aliphatic heterocycles. The van der Waals surface area contributed by atoms with Crippen LogP contribution < -0.4 is 0 Å². The van der Waals surface area contributed by atoms with Crippen molar-refractivity contribution >= 4 is 11.8 Å². The van der Waals surface area contributed by atoms with Crippen molar-refractivity contribution in [3.05, 3.63) is 12.7 Å². The van der Waals surface area contributed by atoms with Crippen molar-refractivity contribution in [3.8, 4) is 0 Å². The molecule has 56 valence electrons. The van der Waals surface area contributed by atoms with Gasteiger partial charge in [0.25, 0.3) is 0 Å². The van der Waals surface area contributed by atoms with Crippen LogP contribution in [-0.2, 0) is 9.59 Å². The van der Waals surface area contributed by atoms with E-state index in [9.17, 15) is 9.59 Å². The number of carboxylic acid groups (broad SMARTS) is 1. The van der Waals surface area contributed by atoms with Crippen LogP contribution in [0.3, 0.4) is 0 Å². The molecule has 0 saturated carbocycles. The molecule has 3 heteroatoms. The molecule has 0 bridgehead atoms. The second-order valence-electron chi connectivity index (χ2n) is 1.91. The lowest BCUT2D eigenvalue weighted by Crippen LogP contribution is -2.20.